The number of carbonyl (C=O) groups excluding carboxylic acids is 2. The topological polar surface area (TPSA) is 126 Å². The van der Waals surface area contributed by atoms with Gasteiger partial charge in [-0.3, -0.25) is 9.59 Å². The van der Waals surface area contributed by atoms with Gasteiger partial charge in [0.05, 0.1) is 42.8 Å². The summed E-state index contributed by atoms with van der Waals surface area (Å²) in [5.74, 6) is -0.114. The highest BCUT2D eigenvalue weighted by Crippen LogP contribution is 2.32. The fourth-order valence-electron chi connectivity index (χ4n) is 5.49. The van der Waals surface area contributed by atoms with E-state index >= 15 is 0 Å². The predicted octanol–water partition coefficient (Wildman–Crippen LogP) is 3.22. The molecular formula is C29H30ClN5O5. The molecule has 3 aliphatic heterocycles. The highest BCUT2D eigenvalue weighted by Gasteiger charge is 2.31. The van der Waals surface area contributed by atoms with Crippen LogP contribution in [0.3, 0.4) is 0 Å². The first-order valence-electron chi connectivity index (χ1n) is 13.4. The first-order valence-corrected chi connectivity index (χ1v) is 13.8. The predicted molar refractivity (Wildman–Crippen MR) is 148 cm³/mol. The molecule has 10 nitrogen and oxygen atoms in total. The highest BCUT2D eigenvalue weighted by atomic mass is 35.5. The molecule has 1 aromatic heterocycles. The molecule has 0 saturated carbocycles. The molecule has 40 heavy (non-hydrogen) atoms. The third-order valence-electron chi connectivity index (χ3n) is 7.60. The number of nitrogens with zero attached hydrogens (tertiary/aromatic N) is 3. The lowest BCUT2D eigenvalue weighted by molar-refractivity contribution is -0.122. The highest BCUT2D eigenvalue weighted by molar-refractivity contribution is 6.33. The third-order valence-corrected chi connectivity index (χ3v) is 7.88. The molecule has 3 aliphatic rings. The van der Waals surface area contributed by atoms with Crippen molar-refractivity contribution in [1.82, 2.24) is 20.2 Å². The molecule has 0 bridgehead atoms. The van der Waals surface area contributed by atoms with Gasteiger partial charge < -0.3 is 30.1 Å². The molecule has 1 fully saturated rings. The van der Waals surface area contributed by atoms with Crippen molar-refractivity contribution in [2.45, 2.75) is 44.7 Å². The maximum Gasteiger partial charge on any atom is 0.254 e. The molecule has 3 N–H and O–H groups in total. The van der Waals surface area contributed by atoms with E-state index in [1.807, 2.05) is 30.3 Å². The molecule has 2 amide bonds. The van der Waals surface area contributed by atoms with Crippen molar-refractivity contribution in [3.05, 3.63) is 75.4 Å². The van der Waals surface area contributed by atoms with Crippen LogP contribution in [0.4, 0.5) is 5.95 Å². The average molecular weight is 564 g/mol. The van der Waals surface area contributed by atoms with Crippen LogP contribution in [-0.4, -0.2) is 64.2 Å². The Morgan fingerprint density at radius 2 is 2.00 bits per heavy atom. The van der Waals surface area contributed by atoms with E-state index in [2.05, 4.69) is 20.6 Å². The van der Waals surface area contributed by atoms with Gasteiger partial charge >= 0.3 is 0 Å². The number of carbonyl (C=O) groups is 2. The van der Waals surface area contributed by atoms with E-state index in [9.17, 15) is 14.7 Å². The molecule has 3 aromatic rings. The molecule has 0 radical (unpaired) electrons. The van der Waals surface area contributed by atoms with Crippen LogP contribution in [0.15, 0.2) is 42.6 Å². The minimum absolute atomic E-state index is 0.127. The van der Waals surface area contributed by atoms with Gasteiger partial charge in [-0.1, -0.05) is 41.9 Å². The van der Waals surface area contributed by atoms with Crippen LogP contribution in [0.2, 0.25) is 5.02 Å². The van der Waals surface area contributed by atoms with Crippen LogP contribution in [0, 0.1) is 0 Å². The summed E-state index contributed by atoms with van der Waals surface area (Å²) >= 11 is 6.46. The number of benzene rings is 2. The zero-order valence-corrected chi connectivity index (χ0v) is 22.6. The van der Waals surface area contributed by atoms with Gasteiger partial charge in [0.1, 0.15) is 6.54 Å². The summed E-state index contributed by atoms with van der Waals surface area (Å²) in [6, 6.07) is 10.9. The lowest BCUT2D eigenvalue weighted by Crippen LogP contribution is -2.40. The number of hydrogen-bond acceptors (Lipinski definition) is 8. The lowest BCUT2D eigenvalue weighted by atomic mass is 9.98. The van der Waals surface area contributed by atoms with Gasteiger partial charge in [-0.25, -0.2) is 9.97 Å². The van der Waals surface area contributed by atoms with Crippen molar-refractivity contribution in [2.75, 3.05) is 31.7 Å². The standard InChI is InChI=1S/C29H30ClN5O5/c30-24-11-31-29(32-20-6-8-39-9-7-20)34-27(24)17-4-5-18-12-35(28(38)22(18)10-17)13-26(37)33-25(14-36)21-3-1-2-19-15-40-16-23(19)21/h1-5,10-11,20,25,36H,6-9,12-16H2,(H,33,37)(H,31,32,34). The Labute approximate surface area is 236 Å². The van der Waals surface area contributed by atoms with Gasteiger partial charge in [-0.05, 0) is 41.2 Å². The number of amides is 2. The van der Waals surface area contributed by atoms with Crippen LogP contribution in [0.5, 0.6) is 0 Å². The second-order valence-corrected chi connectivity index (χ2v) is 10.6. The lowest BCUT2D eigenvalue weighted by Gasteiger charge is -2.23. The Bertz CT molecular complexity index is 1440. The number of hydrogen-bond donors (Lipinski definition) is 3. The van der Waals surface area contributed by atoms with Crippen molar-refractivity contribution >= 4 is 29.4 Å². The van der Waals surface area contributed by atoms with Crippen LogP contribution >= 0.6 is 11.6 Å². The largest absolute Gasteiger partial charge is 0.394 e. The van der Waals surface area contributed by atoms with Gasteiger partial charge in [-0.15, -0.1) is 0 Å². The second kappa shape index (κ2) is 11.5. The van der Waals surface area contributed by atoms with Crippen LogP contribution in [0.1, 0.15) is 51.5 Å². The number of anilines is 1. The summed E-state index contributed by atoms with van der Waals surface area (Å²) in [5.41, 5.74) is 5.44. The molecule has 6 rings (SSSR count). The minimum Gasteiger partial charge on any atom is -0.394 e. The fraction of sp³-hybridized carbons (Fsp3) is 0.379. The van der Waals surface area contributed by atoms with Gasteiger partial charge in [0.15, 0.2) is 0 Å². The summed E-state index contributed by atoms with van der Waals surface area (Å²) in [4.78, 5) is 36.7. The number of fused-ring (bicyclic) bond motifs is 2. The summed E-state index contributed by atoms with van der Waals surface area (Å²) in [6.45, 7) is 2.29. The number of nitrogens with one attached hydrogen (secondary N) is 2. The molecule has 0 spiro atoms. The molecule has 11 heteroatoms. The van der Waals surface area contributed by atoms with Gasteiger partial charge in [0.2, 0.25) is 11.9 Å². The third kappa shape index (κ3) is 5.40. The van der Waals surface area contributed by atoms with Crippen molar-refractivity contribution in [1.29, 1.82) is 0 Å². The van der Waals surface area contributed by atoms with Gasteiger partial charge in [-0.2, -0.15) is 0 Å². The Kier molecular flexibility index (Phi) is 7.66. The Hall–Kier alpha value is -3.57. The van der Waals surface area contributed by atoms with Crippen molar-refractivity contribution in [3.8, 4) is 11.3 Å². The first-order chi connectivity index (χ1) is 19.5. The summed E-state index contributed by atoms with van der Waals surface area (Å²) in [6.07, 6.45) is 3.31. The van der Waals surface area contributed by atoms with E-state index in [-0.39, 0.29) is 31.0 Å². The number of halogens is 1. The molecule has 4 heterocycles. The zero-order valence-electron chi connectivity index (χ0n) is 21.9. The Balaban J connectivity index is 1.14. The molecular weight excluding hydrogens is 534 g/mol. The van der Waals surface area contributed by atoms with Gasteiger partial charge in [0, 0.05) is 36.9 Å². The van der Waals surface area contributed by atoms with Gasteiger partial charge in [0.25, 0.3) is 5.91 Å². The maximum absolute atomic E-state index is 13.3. The second-order valence-electron chi connectivity index (χ2n) is 10.2. The van der Waals surface area contributed by atoms with E-state index in [1.165, 1.54) is 4.90 Å². The maximum atomic E-state index is 13.3. The van der Waals surface area contributed by atoms with Crippen LogP contribution in [0.25, 0.3) is 11.3 Å². The van der Waals surface area contributed by atoms with E-state index in [1.54, 1.807) is 12.3 Å². The fourth-order valence-corrected chi connectivity index (χ4v) is 5.69. The summed E-state index contributed by atoms with van der Waals surface area (Å²) in [7, 11) is 0. The van der Waals surface area contributed by atoms with E-state index in [0.29, 0.717) is 60.8 Å². The smallest absolute Gasteiger partial charge is 0.254 e. The summed E-state index contributed by atoms with van der Waals surface area (Å²) in [5, 5.41) is 16.6. The number of ether oxygens (including phenoxy) is 2. The van der Waals surface area contributed by atoms with E-state index in [0.717, 1.165) is 35.1 Å². The minimum atomic E-state index is -0.584. The van der Waals surface area contributed by atoms with Crippen LogP contribution in [-0.2, 0) is 34.0 Å². The molecule has 2 aromatic carbocycles. The van der Waals surface area contributed by atoms with Crippen molar-refractivity contribution < 1.29 is 24.2 Å². The van der Waals surface area contributed by atoms with E-state index in [4.69, 9.17) is 21.1 Å². The SMILES string of the molecule is O=C(CN1Cc2ccc(-c3nc(NC4CCOCC4)ncc3Cl)cc2C1=O)NC(CO)c1cccc2c1COC2. The quantitative estimate of drug-likeness (QED) is 0.381. The molecule has 1 atom stereocenters. The Morgan fingerprint density at radius 3 is 2.83 bits per heavy atom. The number of rotatable bonds is 8. The molecule has 0 aliphatic carbocycles. The zero-order chi connectivity index (χ0) is 27.6. The summed E-state index contributed by atoms with van der Waals surface area (Å²) < 4.78 is 10.9. The number of aliphatic hydroxyl groups excluding tert-OH is 1. The molecule has 208 valence electrons. The number of aromatic nitrogens is 2. The number of aliphatic hydroxyl groups is 1. The average Bonchev–Trinajstić information content (AvgIpc) is 3.57. The normalized spacial score (nSPS) is 17.4. The molecule has 1 saturated heterocycles. The molecule has 1 unspecified atom stereocenters. The van der Waals surface area contributed by atoms with Crippen molar-refractivity contribution in [3.63, 3.8) is 0 Å². The monoisotopic (exact) mass is 563 g/mol. The van der Waals surface area contributed by atoms with Crippen LogP contribution < -0.4 is 10.6 Å². The Morgan fingerprint density at radius 1 is 1.15 bits per heavy atom. The first kappa shape index (κ1) is 26.6. The van der Waals surface area contributed by atoms with E-state index < -0.39 is 6.04 Å². The van der Waals surface area contributed by atoms with Crippen molar-refractivity contribution in [2.24, 2.45) is 0 Å².